The Morgan fingerprint density at radius 3 is 2.46 bits per heavy atom. The first-order valence-electron chi connectivity index (χ1n) is 8.44. The zero-order chi connectivity index (χ0) is 19.9. The quantitative estimate of drug-likeness (QED) is 0.436. The average Bonchev–Trinajstić information content (AvgIpc) is 3.05. The first-order valence-corrected chi connectivity index (χ1v) is 10.2. The Kier molecular flexibility index (Phi) is 6.83. The number of rotatable bonds is 6. The molecule has 0 aliphatic heterocycles. The number of nitrogens with one attached hydrogen (secondary N) is 2. The molecule has 0 fully saturated rings. The van der Waals surface area contributed by atoms with Crippen LogP contribution in [0.25, 0.3) is 0 Å². The van der Waals surface area contributed by atoms with Crippen LogP contribution in [0, 0.1) is 6.92 Å². The fourth-order valence-electron chi connectivity index (χ4n) is 2.38. The van der Waals surface area contributed by atoms with E-state index in [1.165, 1.54) is 11.8 Å². The van der Waals surface area contributed by atoms with Crippen molar-refractivity contribution in [3.8, 4) is 0 Å². The van der Waals surface area contributed by atoms with Gasteiger partial charge in [0, 0.05) is 10.0 Å². The molecule has 0 spiro atoms. The lowest BCUT2D eigenvalue weighted by Crippen LogP contribution is -2.42. The number of thioether (sulfide) groups is 1. The van der Waals surface area contributed by atoms with Gasteiger partial charge in [0.25, 0.3) is 5.91 Å². The number of amides is 2. The summed E-state index contributed by atoms with van der Waals surface area (Å²) in [6.07, 6.45) is 0. The number of halogens is 1. The molecule has 9 heteroatoms. The Bertz CT molecular complexity index is 960. The largest absolute Gasteiger partial charge is 0.302 e. The van der Waals surface area contributed by atoms with E-state index in [1.54, 1.807) is 24.3 Å². The van der Waals surface area contributed by atoms with Gasteiger partial charge in [0.2, 0.25) is 5.91 Å². The summed E-state index contributed by atoms with van der Waals surface area (Å²) >= 11 is 4.58. The second kappa shape index (κ2) is 9.52. The number of aromatic nitrogens is 3. The minimum Gasteiger partial charge on any atom is -0.302 e. The molecule has 0 aliphatic carbocycles. The molecule has 28 heavy (non-hydrogen) atoms. The van der Waals surface area contributed by atoms with E-state index in [2.05, 4.69) is 37.0 Å². The Hall–Kier alpha value is -2.65. The van der Waals surface area contributed by atoms with Crippen LogP contribution in [0.1, 0.15) is 21.7 Å². The van der Waals surface area contributed by atoms with Crippen LogP contribution in [0.15, 0.2) is 64.2 Å². The van der Waals surface area contributed by atoms with Crippen molar-refractivity contribution in [2.45, 2.75) is 18.6 Å². The zero-order valence-electron chi connectivity index (χ0n) is 15.1. The highest BCUT2D eigenvalue weighted by Gasteiger charge is 2.13. The fraction of sp³-hybridized carbons (Fsp3) is 0.158. The van der Waals surface area contributed by atoms with Gasteiger partial charge in [-0.25, -0.2) is 0 Å². The molecule has 0 saturated heterocycles. The summed E-state index contributed by atoms with van der Waals surface area (Å²) in [5, 5.41) is 8.89. The van der Waals surface area contributed by atoms with Gasteiger partial charge in [0.1, 0.15) is 5.82 Å². The second-order valence-corrected chi connectivity index (χ2v) is 7.76. The molecule has 0 atom stereocenters. The molecule has 2 aromatic carbocycles. The van der Waals surface area contributed by atoms with Gasteiger partial charge in [-0.05, 0) is 36.8 Å². The van der Waals surface area contributed by atoms with Crippen molar-refractivity contribution in [2.24, 2.45) is 0 Å². The summed E-state index contributed by atoms with van der Waals surface area (Å²) in [6, 6.07) is 16.8. The van der Waals surface area contributed by atoms with Crippen molar-refractivity contribution in [1.29, 1.82) is 0 Å². The van der Waals surface area contributed by atoms with Crippen LogP contribution >= 0.6 is 27.7 Å². The van der Waals surface area contributed by atoms with Gasteiger partial charge < -0.3 is 4.57 Å². The van der Waals surface area contributed by atoms with Crippen LogP contribution in [-0.4, -0.2) is 32.3 Å². The molecule has 0 bridgehead atoms. The lowest BCUT2D eigenvalue weighted by atomic mass is 10.2. The molecule has 0 unspecified atom stereocenters. The first-order chi connectivity index (χ1) is 13.5. The Labute approximate surface area is 175 Å². The standard InChI is InChI=1S/C19H18BrN5O2S/c1-13-21-24-19(25(13)11-14-5-3-2-4-6-14)28-12-17(26)22-23-18(27)15-7-9-16(20)10-8-15/h2-10H,11-12H2,1H3,(H,22,26)(H,23,27). The van der Waals surface area contributed by atoms with E-state index < -0.39 is 0 Å². The molecule has 1 aromatic heterocycles. The third-order valence-corrected chi connectivity index (χ3v) is 5.33. The monoisotopic (exact) mass is 459 g/mol. The summed E-state index contributed by atoms with van der Waals surface area (Å²) in [4.78, 5) is 24.1. The third kappa shape index (κ3) is 5.43. The van der Waals surface area contributed by atoms with Crippen molar-refractivity contribution >= 4 is 39.5 Å². The smallest absolute Gasteiger partial charge is 0.269 e. The van der Waals surface area contributed by atoms with E-state index >= 15 is 0 Å². The van der Waals surface area contributed by atoms with Crippen LogP contribution in [0.4, 0.5) is 0 Å². The fourth-order valence-corrected chi connectivity index (χ4v) is 3.43. The topological polar surface area (TPSA) is 88.9 Å². The molecule has 0 radical (unpaired) electrons. The molecule has 7 nitrogen and oxygen atoms in total. The molecule has 2 amide bonds. The highest BCUT2D eigenvalue weighted by molar-refractivity contribution is 9.10. The zero-order valence-corrected chi connectivity index (χ0v) is 17.5. The highest BCUT2D eigenvalue weighted by Crippen LogP contribution is 2.18. The first kappa shape index (κ1) is 20.1. The molecule has 0 saturated carbocycles. The van der Waals surface area contributed by atoms with Crippen molar-refractivity contribution in [3.05, 3.63) is 76.0 Å². The molecule has 144 valence electrons. The lowest BCUT2D eigenvalue weighted by molar-refractivity contribution is -0.119. The molecule has 0 aliphatic rings. The van der Waals surface area contributed by atoms with Crippen LogP contribution in [-0.2, 0) is 11.3 Å². The van der Waals surface area contributed by atoms with Crippen LogP contribution < -0.4 is 10.9 Å². The number of nitrogens with zero attached hydrogens (tertiary/aromatic N) is 3. The van der Waals surface area contributed by atoms with Crippen molar-refractivity contribution < 1.29 is 9.59 Å². The van der Waals surface area contributed by atoms with E-state index in [-0.39, 0.29) is 17.6 Å². The van der Waals surface area contributed by atoms with Crippen molar-refractivity contribution in [2.75, 3.05) is 5.75 Å². The SMILES string of the molecule is Cc1nnc(SCC(=O)NNC(=O)c2ccc(Br)cc2)n1Cc1ccccc1. The van der Waals surface area contributed by atoms with Crippen LogP contribution in [0.3, 0.4) is 0 Å². The minimum absolute atomic E-state index is 0.105. The average molecular weight is 460 g/mol. The number of hydrogen-bond donors (Lipinski definition) is 2. The summed E-state index contributed by atoms with van der Waals surface area (Å²) in [7, 11) is 0. The maximum Gasteiger partial charge on any atom is 0.269 e. The molecule has 3 rings (SSSR count). The molecule has 3 aromatic rings. The summed E-state index contributed by atoms with van der Waals surface area (Å²) < 4.78 is 2.83. The normalized spacial score (nSPS) is 10.5. The van der Waals surface area contributed by atoms with E-state index in [4.69, 9.17) is 0 Å². The van der Waals surface area contributed by atoms with Gasteiger partial charge in [-0.1, -0.05) is 58.0 Å². The Balaban J connectivity index is 1.52. The van der Waals surface area contributed by atoms with E-state index in [0.29, 0.717) is 17.3 Å². The molecular formula is C19H18BrN5O2S. The molecule has 1 heterocycles. The minimum atomic E-state index is -0.381. The number of carbonyl (C=O) groups is 2. The van der Waals surface area contributed by atoms with Gasteiger partial charge in [-0.15, -0.1) is 10.2 Å². The Morgan fingerprint density at radius 1 is 1.04 bits per heavy atom. The molecular weight excluding hydrogens is 442 g/mol. The van der Waals surface area contributed by atoms with E-state index in [1.807, 2.05) is 41.8 Å². The molecule has 2 N–H and O–H groups in total. The van der Waals surface area contributed by atoms with Crippen molar-refractivity contribution in [3.63, 3.8) is 0 Å². The highest BCUT2D eigenvalue weighted by atomic mass is 79.9. The predicted octanol–water partition coefficient (Wildman–Crippen LogP) is 2.95. The lowest BCUT2D eigenvalue weighted by Gasteiger charge is -2.09. The number of hydrogen-bond acceptors (Lipinski definition) is 5. The number of benzene rings is 2. The summed E-state index contributed by atoms with van der Waals surface area (Å²) in [5.74, 6) is 0.166. The van der Waals surface area contributed by atoms with Gasteiger partial charge in [-0.2, -0.15) is 0 Å². The number of carbonyl (C=O) groups excluding carboxylic acids is 2. The van der Waals surface area contributed by atoms with Gasteiger partial charge in [0.15, 0.2) is 5.16 Å². The van der Waals surface area contributed by atoms with Crippen LogP contribution in [0.5, 0.6) is 0 Å². The predicted molar refractivity (Wildman–Crippen MR) is 111 cm³/mol. The van der Waals surface area contributed by atoms with E-state index in [9.17, 15) is 9.59 Å². The van der Waals surface area contributed by atoms with Crippen molar-refractivity contribution in [1.82, 2.24) is 25.6 Å². The van der Waals surface area contributed by atoms with Gasteiger partial charge in [0.05, 0.1) is 12.3 Å². The second-order valence-electron chi connectivity index (χ2n) is 5.90. The van der Waals surface area contributed by atoms with Gasteiger partial charge >= 0.3 is 0 Å². The van der Waals surface area contributed by atoms with E-state index in [0.717, 1.165) is 15.9 Å². The number of aryl methyl sites for hydroxylation is 1. The number of hydrazine groups is 1. The Morgan fingerprint density at radius 2 is 1.75 bits per heavy atom. The van der Waals surface area contributed by atoms with Gasteiger partial charge in [-0.3, -0.25) is 20.4 Å². The third-order valence-electron chi connectivity index (χ3n) is 3.84. The van der Waals surface area contributed by atoms with Crippen LogP contribution in [0.2, 0.25) is 0 Å². The summed E-state index contributed by atoms with van der Waals surface area (Å²) in [6.45, 7) is 2.50. The maximum absolute atomic E-state index is 12.1. The maximum atomic E-state index is 12.1. The summed E-state index contributed by atoms with van der Waals surface area (Å²) in [5.41, 5.74) is 6.39.